The lowest BCUT2D eigenvalue weighted by molar-refractivity contribution is 0.104. The molecule has 5 nitrogen and oxygen atoms in total. The molecule has 0 saturated heterocycles. The van der Waals surface area contributed by atoms with Crippen LogP contribution in [0.25, 0.3) is 17.0 Å². The van der Waals surface area contributed by atoms with Crippen molar-refractivity contribution in [2.24, 2.45) is 0 Å². The van der Waals surface area contributed by atoms with Crippen LogP contribution in [0.1, 0.15) is 15.9 Å². The zero-order valence-corrected chi connectivity index (χ0v) is 13.8. The van der Waals surface area contributed by atoms with Crippen molar-refractivity contribution in [2.75, 3.05) is 14.2 Å². The largest absolute Gasteiger partial charge is 0.497 e. The molecular weight excluding hydrogens is 320 g/mol. The minimum Gasteiger partial charge on any atom is -0.497 e. The van der Waals surface area contributed by atoms with Gasteiger partial charge in [0.1, 0.15) is 22.6 Å². The molecular formula is C20H16O5. The zero-order chi connectivity index (χ0) is 17.8. The topological polar surface area (TPSA) is 65.7 Å². The number of ketones is 1. The second-order valence-electron chi connectivity index (χ2n) is 5.29. The Morgan fingerprint density at radius 2 is 1.84 bits per heavy atom. The van der Waals surface area contributed by atoms with Crippen LogP contribution in [-0.4, -0.2) is 20.0 Å². The molecule has 0 saturated carbocycles. The Bertz CT molecular complexity index is 1010. The summed E-state index contributed by atoms with van der Waals surface area (Å²) in [6, 6.07) is 13.8. The number of methoxy groups -OCH3 is 2. The first-order valence-corrected chi connectivity index (χ1v) is 7.59. The maximum atomic E-state index is 12.4. The molecule has 0 aliphatic rings. The monoisotopic (exact) mass is 336 g/mol. The van der Waals surface area contributed by atoms with Gasteiger partial charge in [-0.15, -0.1) is 0 Å². The molecule has 0 atom stereocenters. The van der Waals surface area contributed by atoms with Crippen molar-refractivity contribution in [2.45, 2.75) is 0 Å². The van der Waals surface area contributed by atoms with E-state index >= 15 is 0 Å². The number of rotatable bonds is 5. The molecule has 0 unspecified atom stereocenters. The zero-order valence-electron chi connectivity index (χ0n) is 13.8. The van der Waals surface area contributed by atoms with Crippen LogP contribution in [0.3, 0.4) is 0 Å². The highest BCUT2D eigenvalue weighted by Gasteiger charge is 2.11. The van der Waals surface area contributed by atoms with E-state index < -0.39 is 11.4 Å². The molecule has 5 heteroatoms. The number of fused-ring (bicyclic) bond motifs is 1. The van der Waals surface area contributed by atoms with Gasteiger partial charge in [-0.3, -0.25) is 4.79 Å². The maximum Gasteiger partial charge on any atom is 0.347 e. The third kappa shape index (κ3) is 3.45. The second-order valence-corrected chi connectivity index (χ2v) is 5.29. The smallest absolute Gasteiger partial charge is 0.347 e. The van der Waals surface area contributed by atoms with Gasteiger partial charge in [0.05, 0.1) is 14.2 Å². The lowest BCUT2D eigenvalue weighted by atomic mass is 10.1. The summed E-state index contributed by atoms with van der Waals surface area (Å²) in [5.41, 5.74) is 0.476. The van der Waals surface area contributed by atoms with Gasteiger partial charge in [-0.05, 0) is 36.4 Å². The van der Waals surface area contributed by atoms with E-state index in [9.17, 15) is 9.59 Å². The molecule has 126 valence electrons. The number of benzene rings is 2. The van der Waals surface area contributed by atoms with Gasteiger partial charge in [-0.1, -0.05) is 18.2 Å². The Kier molecular flexibility index (Phi) is 4.66. The van der Waals surface area contributed by atoms with Crippen LogP contribution in [0.2, 0.25) is 0 Å². The first-order chi connectivity index (χ1) is 12.1. The number of hydrogen-bond donors (Lipinski definition) is 0. The van der Waals surface area contributed by atoms with Gasteiger partial charge in [0, 0.05) is 17.0 Å². The molecule has 2 aromatic carbocycles. The lowest BCUT2D eigenvalue weighted by Gasteiger charge is -2.07. The number of carbonyl (C=O) groups excluding carboxylic acids is 1. The first-order valence-electron chi connectivity index (χ1n) is 7.59. The third-order valence-electron chi connectivity index (χ3n) is 3.76. The summed E-state index contributed by atoms with van der Waals surface area (Å²) in [6.45, 7) is 0. The highest BCUT2D eigenvalue weighted by Crippen LogP contribution is 2.25. The van der Waals surface area contributed by atoms with Crippen LogP contribution in [0.4, 0.5) is 0 Å². The van der Waals surface area contributed by atoms with Gasteiger partial charge in [0.15, 0.2) is 5.78 Å². The third-order valence-corrected chi connectivity index (χ3v) is 3.76. The van der Waals surface area contributed by atoms with Gasteiger partial charge >= 0.3 is 5.63 Å². The van der Waals surface area contributed by atoms with E-state index in [4.69, 9.17) is 13.9 Å². The van der Waals surface area contributed by atoms with Crippen LogP contribution in [0.15, 0.2) is 63.8 Å². The molecule has 1 heterocycles. The summed E-state index contributed by atoms with van der Waals surface area (Å²) < 4.78 is 15.6. The predicted octanol–water partition coefficient (Wildman–Crippen LogP) is 3.71. The molecule has 0 aliphatic carbocycles. The minimum absolute atomic E-state index is 0.0116. The van der Waals surface area contributed by atoms with E-state index in [0.29, 0.717) is 28.0 Å². The highest BCUT2D eigenvalue weighted by molar-refractivity contribution is 6.07. The SMILES string of the molecule is COc1ccc(/C=C/C(=O)c2cc3ccccc3oc2=O)c(OC)c1. The van der Waals surface area contributed by atoms with Gasteiger partial charge in [0.2, 0.25) is 0 Å². The summed E-state index contributed by atoms with van der Waals surface area (Å²) in [5, 5.41) is 0.695. The van der Waals surface area contributed by atoms with Crippen LogP contribution >= 0.6 is 0 Å². The normalized spacial score (nSPS) is 11.0. The maximum absolute atomic E-state index is 12.4. The fourth-order valence-corrected chi connectivity index (χ4v) is 2.45. The summed E-state index contributed by atoms with van der Waals surface area (Å²) in [7, 11) is 3.10. The Morgan fingerprint density at radius 3 is 2.60 bits per heavy atom. The van der Waals surface area contributed by atoms with Crippen molar-refractivity contribution in [1.29, 1.82) is 0 Å². The van der Waals surface area contributed by atoms with Crippen molar-refractivity contribution in [3.8, 4) is 11.5 Å². The fourth-order valence-electron chi connectivity index (χ4n) is 2.45. The Labute approximate surface area is 144 Å². The number of para-hydroxylation sites is 1. The molecule has 0 spiro atoms. The first kappa shape index (κ1) is 16.5. The summed E-state index contributed by atoms with van der Waals surface area (Å²) in [6.07, 6.45) is 2.92. The van der Waals surface area contributed by atoms with Crippen molar-refractivity contribution in [1.82, 2.24) is 0 Å². The van der Waals surface area contributed by atoms with Gasteiger partial charge in [0.25, 0.3) is 0 Å². The highest BCUT2D eigenvalue weighted by atomic mass is 16.5. The number of allylic oxidation sites excluding steroid dienone is 1. The van der Waals surface area contributed by atoms with Gasteiger partial charge in [-0.25, -0.2) is 4.79 Å². The van der Waals surface area contributed by atoms with Crippen LogP contribution in [-0.2, 0) is 0 Å². The molecule has 25 heavy (non-hydrogen) atoms. The van der Waals surface area contributed by atoms with E-state index in [-0.39, 0.29) is 5.56 Å². The molecule has 3 aromatic rings. The minimum atomic E-state index is -0.657. The molecule has 0 aliphatic heterocycles. The van der Waals surface area contributed by atoms with E-state index in [1.54, 1.807) is 55.7 Å². The van der Waals surface area contributed by atoms with Gasteiger partial charge < -0.3 is 13.9 Å². The Hall–Kier alpha value is -3.34. The summed E-state index contributed by atoms with van der Waals surface area (Å²) >= 11 is 0. The molecule has 0 bridgehead atoms. The van der Waals surface area contributed by atoms with Crippen molar-refractivity contribution in [3.63, 3.8) is 0 Å². The van der Waals surface area contributed by atoms with Crippen molar-refractivity contribution >= 4 is 22.8 Å². The molecule has 0 amide bonds. The molecule has 0 radical (unpaired) electrons. The van der Waals surface area contributed by atoms with Crippen LogP contribution < -0.4 is 15.1 Å². The summed E-state index contributed by atoms with van der Waals surface area (Å²) in [4.78, 5) is 24.4. The van der Waals surface area contributed by atoms with E-state index in [1.807, 2.05) is 6.07 Å². The average molecular weight is 336 g/mol. The van der Waals surface area contributed by atoms with Crippen molar-refractivity contribution in [3.05, 3.63) is 76.2 Å². The number of hydrogen-bond acceptors (Lipinski definition) is 5. The Morgan fingerprint density at radius 1 is 1.04 bits per heavy atom. The predicted molar refractivity (Wildman–Crippen MR) is 95.4 cm³/mol. The summed E-state index contributed by atoms with van der Waals surface area (Å²) in [5.74, 6) is 0.779. The van der Waals surface area contributed by atoms with E-state index in [1.165, 1.54) is 13.2 Å². The lowest BCUT2D eigenvalue weighted by Crippen LogP contribution is -2.11. The molecule has 3 rings (SSSR count). The fraction of sp³-hybridized carbons (Fsp3) is 0.100. The number of carbonyl (C=O) groups is 1. The quantitative estimate of drug-likeness (QED) is 0.404. The molecule has 1 aromatic heterocycles. The molecule has 0 N–H and O–H groups in total. The van der Waals surface area contributed by atoms with E-state index in [2.05, 4.69) is 0 Å². The standard InChI is InChI=1S/C20H16O5/c1-23-15-9-7-13(19(12-15)24-2)8-10-17(21)16-11-14-5-3-4-6-18(14)25-20(16)22/h3-12H,1-2H3/b10-8+. The number of ether oxygens (including phenoxy) is 2. The van der Waals surface area contributed by atoms with Crippen LogP contribution in [0.5, 0.6) is 11.5 Å². The second kappa shape index (κ2) is 7.05. The van der Waals surface area contributed by atoms with Crippen molar-refractivity contribution < 1.29 is 18.7 Å². The van der Waals surface area contributed by atoms with E-state index in [0.717, 1.165) is 0 Å². The average Bonchev–Trinajstić information content (AvgIpc) is 2.65. The Balaban J connectivity index is 1.93. The molecule has 0 fully saturated rings. The van der Waals surface area contributed by atoms with Gasteiger partial charge in [-0.2, -0.15) is 0 Å². The van der Waals surface area contributed by atoms with Crippen LogP contribution in [0, 0.1) is 0 Å².